The molecule has 0 bridgehead atoms. The zero-order chi connectivity index (χ0) is 19.9. The third kappa shape index (κ3) is 4.78. The first-order valence-electron chi connectivity index (χ1n) is 8.98. The molecule has 4 rings (SSSR count). The molecule has 29 heavy (non-hydrogen) atoms. The Balaban J connectivity index is 1.35. The summed E-state index contributed by atoms with van der Waals surface area (Å²) in [6.07, 6.45) is 6.69. The smallest absolute Gasteiger partial charge is 0.251 e. The van der Waals surface area contributed by atoms with Gasteiger partial charge in [0.05, 0.1) is 13.1 Å². The Morgan fingerprint density at radius 2 is 1.76 bits per heavy atom. The maximum absolute atomic E-state index is 12.4. The maximum Gasteiger partial charge on any atom is 0.251 e. The van der Waals surface area contributed by atoms with Crippen LogP contribution in [0, 0.1) is 0 Å². The minimum absolute atomic E-state index is 0.194. The second kappa shape index (κ2) is 8.70. The predicted molar refractivity (Wildman–Crippen MR) is 107 cm³/mol. The van der Waals surface area contributed by atoms with E-state index in [1.54, 1.807) is 43.0 Å². The third-order valence-electron chi connectivity index (χ3n) is 4.10. The standard InChI is InChI=1S/C20H18N8O/c29-20(25-12-17-22-7-2-8-23-17)15-3-1-4-16(11-15)24-13-18-26-19(28-27-18)14-5-9-21-10-6-14/h1-11,24H,12-13H2,(H,25,29)(H,26,27,28). The lowest BCUT2D eigenvalue weighted by molar-refractivity contribution is 0.0950. The zero-order valence-corrected chi connectivity index (χ0v) is 15.4. The Morgan fingerprint density at radius 3 is 2.59 bits per heavy atom. The van der Waals surface area contributed by atoms with E-state index in [0.29, 0.717) is 29.6 Å². The molecule has 3 aromatic heterocycles. The van der Waals surface area contributed by atoms with E-state index in [0.717, 1.165) is 11.3 Å². The Labute approximate surface area is 166 Å². The number of amides is 1. The summed E-state index contributed by atoms with van der Waals surface area (Å²) in [6.45, 7) is 0.716. The van der Waals surface area contributed by atoms with Crippen LogP contribution in [0.4, 0.5) is 5.69 Å². The second-order valence-corrected chi connectivity index (χ2v) is 6.14. The summed E-state index contributed by atoms with van der Waals surface area (Å²) < 4.78 is 0. The van der Waals surface area contributed by atoms with Crippen molar-refractivity contribution in [2.45, 2.75) is 13.1 Å². The van der Waals surface area contributed by atoms with Crippen LogP contribution >= 0.6 is 0 Å². The molecule has 0 saturated heterocycles. The monoisotopic (exact) mass is 386 g/mol. The van der Waals surface area contributed by atoms with Crippen molar-refractivity contribution in [1.82, 2.24) is 35.5 Å². The lowest BCUT2D eigenvalue weighted by Crippen LogP contribution is -2.23. The lowest BCUT2D eigenvalue weighted by Gasteiger charge is -2.08. The number of carbonyl (C=O) groups is 1. The number of aromatic nitrogens is 6. The average Bonchev–Trinajstić information content (AvgIpc) is 3.27. The number of nitrogens with zero attached hydrogens (tertiary/aromatic N) is 5. The van der Waals surface area contributed by atoms with Crippen molar-refractivity contribution in [1.29, 1.82) is 0 Å². The second-order valence-electron chi connectivity index (χ2n) is 6.14. The van der Waals surface area contributed by atoms with Gasteiger partial charge in [0.2, 0.25) is 0 Å². The van der Waals surface area contributed by atoms with E-state index in [2.05, 4.69) is 40.8 Å². The molecule has 0 unspecified atom stereocenters. The van der Waals surface area contributed by atoms with Gasteiger partial charge in [0, 0.05) is 41.6 Å². The van der Waals surface area contributed by atoms with Crippen LogP contribution in [-0.4, -0.2) is 36.0 Å². The molecular weight excluding hydrogens is 368 g/mol. The number of anilines is 1. The van der Waals surface area contributed by atoms with E-state index in [4.69, 9.17) is 0 Å². The Morgan fingerprint density at radius 1 is 0.931 bits per heavy atom. The van der Waals surface area contributed by atoms with Crippen molar-refractivity contribution in [3.63, 3.8) is 0 Å². The zero-order valence-electron chi connectivity index (χ0n) is 15.4. The highest BCUT2D eigenvalue weighted by Crippen LogP contribution is 2.14. The van der Waals surface area contributed by atoms with Crippen LogP contribution in [0.5, 0.6) is 0 Å². The fraction of sp³-hybridized carbons (Fsp3) is 0.100. The van der Waals surface area contributed by atoms with Gasteiger partial charge >= 0.3 is 0 Å². The molecule has 0 saturated carbocycles. The first kappa shape index (κ1) is 18.2. The van der Waals surface area contributed by atoms with Gasteiger partial charge in [-0.15, -0.1) is 10.2 Å². The van der Waals surface area contributed by atoms with Crippen molar-refractivity contribution in [3.05, 3.63) is 84.5 Å². The minimum Gasteiger partial charge on any atom is -0.378 e. The molecule has 3 N–H and O–H groups in total. The van der Waals surface area contributed by atoms with Gasteiger partial charge in [0.25, 0.3) is 5.91 Å². The summed E-state index contributed by atoms with van der Waals surface area (Å²) in [5.74, 6) is 1.74. The van der Waals surface area contributed by atoms with Gasteiger partial charge in [-0.2, -0.15) is 0 Å². The highest BCUT2D eigenvalue weighted by Gasteiger charge is 2.08. The van der Waals surface area contributed by atoms with E-state index in [1.165, 1.54) is 0 Å². The molecule has 4 aromatic rings. The molecule has 0 atom stereocenters. The van der Waals surface area contributed by atoms with Crippen molar-refractivity contribution < 1.29 is 4.79 Å². The molecule has 0 spiro atoms. The van der Waals surface area contributed by atoms with Crippen LogP contribution < -0.4 is 10.6 Å². The molecule has 0 fully saturated rings. The molecule has 9 nitrogen and oxygen atoms in total. The molecule has 1 amide bonds. The number of hydrogen-bond acceptors (Lipinski definition) is 7. The summed E-state index contributed by atoms with van der Waals surface area (Å²) in [4.78, 5) is 27.7. The van der Waals surface area contributed by atoms with Crippen molar-refractivity contribution in [2.75, 3.05) is 5.32 Å². The normalized spacial score (nSPS) is 10.5. The summed E-state index contributed by atoms with van der Waals surface area (Å²) in [7, 11) is 0. The van der Waals surface area contributed by atoms with Crippen LogP contribution in [-0.2, 0) is 13.1 Å². The minimum atomic E-state index is -0.194. The van der Waals surface area contributed by atoms with E-state index >= 15 is 0 Å². The number of hydrogen-bond donors (Lipinski definition) is 3. The Kier molecular flexibility index (Phi) is 5.47. The molecule has 3 heterocycles. The Bertz CT molecular complexity index is 1080. The SMILES string of the molecule is O=C(NCc1ncccn1)c1cccc(NCc2nnc(-c3ccncc3)[nH]2)c1. The number of aromatic amines is 1. The number of carbonyl (C=O) groups excluding carboxylic acids is 1. The summed E-state index contributed by atoms with van der Waals surface area (Å²) >= 11 is 0. The highest BCUT2D eigenvalue weighted by molar-refractivity contribution is 5.95. The molecule has 144 valence electrons. The summed E-state index contributed by atoms with van der Waals surface area (Å²) in [5, 5.41) is 14.4. The number of pyridine rings is 1. The summed E-state index contributed by atoms with van der Waals surface area (Å²) in [5.41, 5.74) is 2.26. The Hall–Kier alpha value is -4.14. The molecule has 1 aromatic carbocycles. The van der Waals surface area contributed by atoms with Crippen LogP contribution in [0.3, 0.4) is 0 Å². The molecule has 0 aliphatic rings. The lowest BCUT2D eigenvalue weighted by atomic mass is 10.2. The molecule has 9 heteroatoms. The van der Waals surface area contributed by atoms with Crippen LogP contribution in [0.25, 0.3) is 11.4 Å². The largest absolute Gasteiger partial charge is 0.378 e. The van der Waals surface area contributed by atoms with Crippen molar-refractivity contribution in [2.24, 2.45) is 0 Å². The van der Waals surface area contributed by atoms with Gasteiger partial charge in [-0.3, -0.25) is 9.78 Å². The van der Waals surface area contributed by atoms with E-state index in [-0.39, 0.29) is 12.5 Å². The van der Waals surface area contributed by atoms with Gasteiger partial charge in [-0.25, -0.2) is 9.97 Å². The maximum atomic E-state index is 12.4. The van der Waals surface area contributed by atoms with E-state index in [1.807, 2.05) is 24.3 Å². The van der Waals surface area contributed by atoms with Gasteiger partial charge in [0.15, 0.2) is 5.82 Å². The van der Waals surface area contributed by atoms with E-state index < -0.39 is 0 Å². The number of benzene rings is 1. The quantitative estimate of drug-likeness (QED) is 0.445. The van der Waals surface area contributed by atoms with Crippen molar-refractivity contribution >= 4 is 11.6 Å². The van der Waals surface area contributed by atoms with Gasteiger partial charge in [0.1, 0.15) is 11.6 Å². The topological polar surface area (TPSA) is 121 Å². The molecule has 0 aliphatic carbocycles. The molecule has 0 aliphatic heterocycles. The van der Waals surface area contributed by atoms with Crippen LogP contribution in [0.15, 0.2) is 67.3 Å². The fourth-order valence-electron chi connectivity index (χ4n) is 2.66. The third-order valence-corrected chi connectivity index (χ3v) is 4.10. The molecule has 0 radical (unpaired) electrons. The fourth-order valence-corrected chi connectivity index (χ4v) is 2.66. The van der Waals surface area contributed by atoms with Crippen molar-refractivity contribution in [3.8, 4) is 11.4 Å². The van der Waals surface area contributed by atoms with Gasteiger partial charge < -0.3 is 15.6 Å². The van der Waals surface area contributed by atoms with Gasteiger partial charge in [-0.1, -0.05) is 6.07 Å². The summed E-state index contributed by atoms with van der Waals surface area (Å²) in [6, 6.07) is 12.7. The highest BCUT2D eigenvalue weighted by atomic mass is 16.1. The van der Waals surface area contributed by atoms with Crippen LogP contribution in [0.2, 0.25) is 0 Å². The first-order valence-corrected chi connectivity index (χ1v) is 8.98. The molecular formula is C20H18N8O. The van der Waals surface area contributed by atoms with Gasteiger partial charge in [-0.05, 0) is 36.4 Å². The van der Waals surface area contributed by atoms with E-state index in [9.17, 15) is 4.79 Å². The number of H-pyrrole nitrogens is 1. The van der Waals surface area contributed by atoms with Crippen LogP contribution in [0.1, 0.15) is 22.0 Å². The first-order chi connectivity index (χ1) is 14.3. The number of rotatable bonds is 7. The number of nitrogens with one attached hydrogen (secondary N) is 3. The predicted octanol–water partition coefficient (Wildman–Crippen LogP) is 2.20. The average molecular weight is 386 g/mol.